The van der Waals surface area contributed by atoms with E-state index in [1.54, 1.807) is 0 Å². The highest BCUT2D eigenvalue weighted by molar-refractivity contribution is 7.17. The molecule has 3 N–H and O–H groups in total. The number of carbonyl (C=O) groups is 3. The van der Waals surface area contributed by atoms with Gasteiger partial charge in [-0.25, -0.2) is 4.79 Å². The van der Waals surface area contributed by atoms with Gasteiger partial charge in [-0.3, -0.25) is 9.59 Å². The van der Waals surface area contributed by atoms with Crippen LogP contribution >= 0.6 is 11.3 Å². The summed E-state index contributed by atoms with van der Waals surface area (Å²) in [5, 5.41) is 2.98. The maximum Gasteiger partial charge on any atom is 0.387 e. The number of ether oxygens (including phenoxy) is 2. The van der Waals surface area contributed by atoms with Crippen molar-refractivity contribution in [3.05, 3.63) is 51.9 Å². The van der Waals surface area contributed by atoms with Crippen molar-refractivity contribution >= 4 is 40.2 Å². The SMILES string of the molecule is NC(=O)c1c(NC(=O)COC(=O)C=Cc2ccc(OC(F)F)cc2)sc2c1CCCC2. The molecular weight excluding hydrogens is 430 g/mol. The van der Waals surface area contributed by atoms with Crippen molar-refractivity contribution in [3.63, 3.8) is 0 Å². The lowest BCUT2D eigenvalue weighted by Crippen LogP contribution is -2.22. The third kappa shape index (κ3) is 6.11. The van der Waals surface area contributed by atoms with Crippen LogP contribution in [0.15, 0.2) is 30.3 Å². The molecule has 2 amide bonds. The number of rotatable bonds is 8. The van der Waals surface area contributed by atoms with Crippen molar-refractivity contribution in [1.82, 2.24) is 0 Å². The summed E-state index contributed by atoms with van der Waals surface area (Å²) in [6.07, 6.45) is 6.08. The number of nitrogens with one attached hydrogen (secondary N) is 1. The van der Waals surface area contributed by atoms with Gasteiger partial charge in [0.2, 0.25) is 0 Å². The first kappa shape index (κ1) is 22.4. The lowest BCUT2D eigenvalue weighted by molar-refractivity contribution is -0.142. The number of halogens is 2. The molecule has 0 saturated carbocycles. The molecule has 0 unspecified atom stereocenters. The van der Waals surface area contributed by atoms with Crippen LogP contribution in [0, 0.1) is 0 Å². The summed E-state index contributed by atoms with van der Waals surface area (Å²) in [5.74, 6) is -1.95. The normalized spacial score (nSPS) is 13.1. The van der Waals surface area contributed by atoms with Crippen LogP contribution in [-0.4, -0.2) is 31.0 Å². The Labute approximate surface area is 180 Å². The van der Waals surface area contributed by atoms with Crippen molar-refractivity contribution in [1.29, 1.82) is 0 Å². The first-order valence-corrected chi connectivity index (χ1v) is 10.3. The monoisotopic (exact) mass is 450 g/mol. The van der Waals surface area contributed by atoms with E-state index in [-0.39, 0.29) is 5.75 Å². The molecule has 0 radical (unpaired) electrons. The first-order valence-electron chi connectivity index (χ1n) is 9.47. The first-order chi connectivity index (χ1) is 14.8. The number of alkyl halides is 2. The molecule has 0 aliphatic heterocycles. The molecule has 7 nitrogen and oxygen atoms in total. The Morgan fingerprint density at radius 1 is 1.16 bits per heavy atom. The van der Waals surface area contributed by atoms with Gasteiger partial charge in [-0.15, -0.1) is 11.3 Å². The lowest BCUT2D eigenvalue weighted by atomic mass is 9.95. The summed E-state index contributed by atoms with van der Waals surface area (Å²) in [6, 6.07) is 5.64. The summed E-state index contributed by atoms with van der Waals surface area (Å²) >= 11 is 1.32. The van der Waals surface area contributed by atoms with Crippen molar-refractivity contribution < 1.29 is 32.6 Å². The Morgan fingerprint density at radius 3 is 2.55 bits per heavy atom. The number of hydrogen-bond donors (Lipinski definition) is 2. The van der Waals surface area contributed by atoms with Crippen LogP contribution in [0.5, 0.6) is 5.75 Å². The number of benzene rings is 1. The predicted octanol–water partition coefficient (Wildman–Crippen LogP) is 3.52. The van der Waals surface area contributed by atoms with Gasteiger partial charge in [-0.1, -0.05) is 12.1 Å². The Balaban J connectivity index is 1.53. The summed E-state index contributed by atoms with van der Waals surface area (Å²) in [5.41, 5.74) is 7.26. The van der Waals surface area contributed by atoms with Gasteiger partial charge < -0.3 is 20.5 Å². The number of anilines is 1. The zero-order valence-corrected chi connectivity index (χ0v) is 17.2. The Kier molecular flexibility index (Phi) is 7.35. The molecule has 2 aromatic rings. The molecule has 0 saturated heterocycles. The van der Waals surface area contributed by atoms with Gasteiger partial charge in [0.1, 0.15) is 10.8 Å². The number of aryl methyl sites for hydroxylation is 1. The number of carbonyl (C=O) groups excluding carboxylic acids is 3. The van der Waals surface area contributed by atoms with Crippen molar-refractivity contribution in [2.45, 2.75) is 32.3 Å². The minimum Gasteiger partial charge on any atom is -0.452 e. The fourth-order valence-electron chi connectivity index (χ4n) is 3.19. The van der Waals surface area contributed by atoms with E-state index in [0.29, 0.717) is 16.1 Å². The number of esters is 1. The molecule has 3 rings (SSSR count). The highest BCUT2D eigenvalue weighted by atomic mass is 32.1. The van der Waals surface area contributed by atoms with Gasteiger partial charge in [0, 0.05) is 11.0 Å². The number of fused-ring (bicyclic) bond motifs is 1. The second kappa shape index (κ2) is 10.2. The molecule has 1 aliphatic carbocycles. The van der Waals surface area contributed by atoms with E-state index in [0.717, 1.165) is 42.2 Å². The van der Waals surface area contributed by atoms with Gasteiger partial charge in [0.25, 0.3) is 11.8 Å². The maximum absolute atomic E-state index is 12.2. The van der Waals surface area contributed by atoms with Crippen molar-refractivity contribution in [2.24, 2.45) is 5.73 Å². The zero-order valence-electron chi connectivity index (χ0n) is 16.4. The van der Waals surface area contributed by atoms with E-state index in [1.807, 2.05) is 0 Å². The zero-order chi connectivity index (χ0) is 22.4. The van der Waals surface area contributed by atoms with Crippen LogP contribution in [0.1, 0.15) is 39.2 Å². The van der Waals surface area contributed by atoms with E-state index in [4.69, 9.17) is 10.5 Å². The molecule has 164 valence electrons. The molecule has 0 fully saturated rings. The van der Waals surface area contributed by atoms with Gasteiger partial charge >= 0.3 is 12.6 Å². The van der Waals surface area contributed by atoms with E-state index >= 15 is 0 Å². The molecule has 1 aliphatic rings. The van der Waals surface area contributed by atoms with Crippen molar-refractivity contribution in [2.75, 3.05) is 11.9 Å². The quantitative estimate of drug-likeness (QED) is 0.473. The lowest BCUT2D eigenvalue weighted by Gasteiger charge is -2.11. The van der Waals surface area contributed by atoms with Crippen LogP contribution in [0.25, 0.3) is 6.08 Å². The molecule has 31 heavy (non-hydrogen) atoms. The van der Waals surface area contributed by atoms with Crippen molar-refractivity contribution in [3.8, 4) is 5.75 Å². The molecular formula is C21H20F2N2O5S. The van der Waals surface area contributed by atoms with E-state index in [2.05, 4.69) is 10.1 Å². The molecule has 10 heteroatoms. The maximum atomic E-state index is 12.2. The highest BCUT2D eigenvalue weighted by Gasteiger charge is 2.25. The Hall–Kier alpha value is -3.27. The summed E-state index contributed by atoms with van der Waals surface area (Å²) in [6.45, 7) is -3.45. The Bertz CT molecular complexity index is 1000. The fourth-order valence-corrected chi connectivity index (χ4v) is 4.50. The van der Waals surface area contributed by atoms with Crippen LogP contribution in [0.4, 0.5) is 13.8 Å². The molecule has 0 spiro atoms. The van der Waals surface area contributed by atoms with Gasteiger partial charge in [0.15, 0.2) is 6.61 Å². The highest BCUT2D eigenvalue weighted by Crippen LogP contribution is 2.37. The van der Waals surface area contributed by atoms with Gasteiger partial charge in [0.05, 0.1) is 5.56 Å². The van der Waals surface area contributed by atoms with Crippen LogP contribution in [0.2, 0.25) is 0 Å². The number of nitrogens with two attached hydrogens (primary N) is 1. The van der Waals surface area contributed by atoms with E-state index in [9.17, 15) is 23.2 Å². The van der Waals surface area contributed by atoms with Crippen LogP contribution in [-0.2, 0) is 27.2 Å². The smallest absolute Gasteiger partial charge is 0.387 e. The number of thiophene rings is 1. The standard InChI is InChI=1S/C21H20F2N2O5S/c22-21(23)30-13-8-5-12(6-9-13)7-10-17(27)29-11-16(26)25-20-18(19(24)28)14-3-1-2-4-15(14)31-20/h5-10,21H,1-4,11H2,(H2,24,28)(H,25,26). The third-order valence-electron chi connectivity index (χ3n) is 4.53. The van der Waals surface area contributed by atoms with Crippen LogP contribution < -0.4 is 15.8 Å². The summed E-state index contributed by atoms with van der Waals surface area (Å²) in [4.78, 5) is 36.9. The minimum absolute atomic E-state index is 0.00279. The molecule has 1 heterocycles. The second-order valence-corrected chi connectivity index (χ2v) is 7.82. The molecule has 1 aromatic carbocycles. The second-order valence-electron chi connectivity index (χ2n) is 6.72. The van der Waals surface area contributed by atoms with E-state index in [1.165, 1.54) is 41.7 Å². The minimum atomic E-state index is -2.92. The molecule has 0 atom stereocenters. The average Bonchev–Trinajstić information content (AvgIpc) is 3.09. The van der Waals surface area contributed by atoms with E-state index < -0.39 is 31.0 Å². The molecule has 1 aromatic heterocycles. The summed E-state index contributed by atoms with van der Waals surface area (Å²) < 4.78 is 33.4. The molecule has 0 bridgehead atoms. The fraction of sp³-hybridized carbons (Fsp3) is 0.286. The van der Waals surface area contributed by atoms with Gasteiger partial charge in [-0.2, -0.15) is 8.78 Å². The third-order valence-corrected chi connectivity index (χ3v) is 5.74. The number of primary amides is 1. The Morgan fingerprint density at radius 2 is 1.87 bits per heavy atom. The topological polar surface area (TPSA) is 108 Å². The summed E-state index contributed by atoms with van der Waals surface area (Å²) in [7, 11) is 0. The van der Waals surface area contributed by atoms with Gasteiger partial charge in [-0.05, 0) is 55.0 Å². The number of hydrogen-bond acceptors (Lipinski definition) is 6. The number of amides is 2. The largest absolute Gasteiger partial charge is 0.452 e. The van der Waals surface area contributed by atoms with Crippen LogP contribution in [0.3, 0.4) is 0 Å². The predicted molar refractivity (Wildman–Crippen MR) is 111 cm³/mol. The average molecular weight is 450 g/mol.